The van der Waals surface area contributed by atoms with Crippen LogP contribution in [0.25, 0.3) is 10.6 Å². The number of carboxylic acids is 1. The van der Waals surface area contributed by atoms with E-state index in [9.17, 15) is 9.59 Å². The van der Waals surface area contributed by atoms with Gasteiger partial charge in [-0.3, -0.25) is 9.59 Å². The Labute approximate surface area is 149 Å². The van der Waals surface area contributed by atoms with Crippen LogP contribution in [0.15, 0.2) is 24.3 Å². The Balaban J connectivity index is 1.67. The van der Waals surface area contributed by atoms with Crippen molar-refractivity contribution in [3.8, 4) is 16.3 Å². The Morgan fingerprint density at radius 1 is 1.32 bits per heavy atom. The lowest BCUT2D eigenvalue weighted by molar-refractivity contribution is -0.145. The number of hydrogen-bond acceptors (Lipinski definition) is 5. The number of rotatable bonds is 6. The number of carbonyl (C=O) groups is 2. The molecule has 0 radical (unpaired) electrons. The molecular weight excluding hydrogens is 340 g/mol. The summed E-state index contributed by atoms with van der Waals surface area (Å²) in [5.74, 6) is -0.513. The van der Waals surface area contributed by atoms with Crippen molar-refractivity contribution in [3.63, 3.8) is 0 Å². The van der Waals surface area contributed by atoms with E-state index in [1.54, 1.807) is 0 Å². The molecule has 1 amide bonds. The molecule has 0 unspecified atom stereocenters. The summed E-state index contributed by atoms with van der Waals surface area (Å²) in [5, 5.41) is 12.6. The molecular formula is C18H20N2O4S. The van der Waals surface area contributed by atoms with Crippen molar-refractivity contribution in [1.29, 1.82) is 0 Å². The first-order valence-electron chi connectivity index (χ1n) is 8.22. The number of thiazole rings is 1. The molecule has 3 rings (SSSR count). The third-order valence-electron chi connectivity index (χ3n) is 4.24. The zero-order chi connectivity index (χ0) is 18.0. The largest absolute Gasteiger partial charge is 0.494 e. The molecule has 0 saturated heterocycles. The molecule has 25 heavy (non-hydrogen) atoms. The Morgan fingerprint density at radius 2 is 2.00 bits per heavy atom. The monoisotopic (exact) mass is 360 g/mol. The third kappa shape index (κ3) is 3.82. The molecule has 2 N–H and O–H groups in total. The van der Waals surface area contributed by atoms with Crippen LogP contribution in [0.5, 0.6) is 5.75 Å². The lowest BCUT2D eigenvalue weighted by Crippen LogP contribution is -2.46. The molecule has 0 spiro atoms. The van der Waals surface area contributed by atoms with Gasteiger partial charge in [-0.05, 0) is 51.0 Å². The minimum Gasteiger partial charge on any atom is -0.494 e. The lowest BCUT2D eigenvalue weighted by Gasteiger charge is -2.32. The molecule has 1 fully saturated rings. The van der Waals surface area contributed by atoms with Crippen LogP contribution in [0.3, 0.4) is 0 Å². The van der Waals surface area contributed by atoms with Gasteiger partial charge < -0.3 is 15.2 Å². The Kier molecular flexibility index (Phi) is 5.03. The number of nitrogens with zero attached hydrogens (tertiary/aromatic N) is 1. The predicted octanol–water partition coefficient (Wildman–Crippen LogP) is 3.11. The van der Waals surface area contributed by atoms with Crippen LogP contribution in [0, 0.1) is 12.8 Å². The van der Waals surface area contributed by atoms with E-state index >= 15 is 0 Å². The maximum absolute atomic E-state index is 12.4. The van der Waals surface area contributed by atoms with E-state index in [0.717, 1.165) is 16.3 Å². The predicted molar refractivity (Wildman–Crippen MR) is 95.1 cm³/mol. The van der Waals surface area contributed by atoms with E-state index in [2.05, 4.69) is 10.3 Å². The van der Waals surface area contributed by atoms with Gasteiger partial charge in [0.05, 0.1) is 18.2 Å². The summed E-state index contributed by atoms with van der Waals surface area (Å²) in [5.41, 5.74) is 1.62. The number of aliphatic carboxylic acids is 1. The first-order valence-corrected chi connectivity index (χ1v) is 9.04. The highest BCUT2D eigenvalue weighted by molar-refractivity contribution is 7.17. The van der Waals surface area contributed by atoms with E-state index in [1.165, 1.54) is 11.3 Å². The van der Waals surface area contributed by atoms with Crippen molar-refractivity contribution >= 4 is 23.2 Å². The van der Waals surface area contributed by atoms with Gasteiger partial charge in [-0.15, -0.1) is 11.3 Å². The second kappa shape index (κ2) is 7.23. The maximum Gasteiger partial charge on any atom is 0.306 e. The molecule has 2 aromatic rings. The van der Waals surface area contributed by atoms with Crippen molar-refractivity contribution < 1.29 is 19.4 Å². The second-order valence-corrected chi connectivity index (χ2v) is 7.07. The van der Waals surface area contributed by atoms with Crippen LogP contribution in [0.1, 0.15) is 35.1 Å². The average Bonchev–Trinajstić information content (AvgIpc) is 2.93. The molecule has 0 atom stereocenters. The number of benzene rings is 1. The van der Waals surface area contributed by atoms with Gasteiger partial charge in [0.1, 0.15) is 15.6 Å². The summed E-state index contributed by atoms with van der Waals surface area (Å²) in [4.78, 5) is 28.3. The van der Waals surface area contributed by atoms with Crippen LogP contribution in [-0.4, -0.2) is 34.6 Å². The van der Waals surface area contributed by atoms with Gasteiger partial charge in [-0.2, -0.15) is 0 Å². The third-order valence-corrected chi connectivity index (χ3v) is 5.44. The highest BCUT2D eigenvalue weighted by Crippen LogP contribution is 2.31. The molecule has 1 aromatic carbocycles. The SMILES string of the molecule is CCOc1ccc(-c2nc(C)c(C(=O)NC3CC(C(=O)O)C3)s2)cc1. The van der Waals surface area contributed by atoms with Crippen LogP contribution in [0.2, 0.25) is 0 Å². The van der Waals surface area contributed by atoms with Crippen LogP contribution >= 0.6 is 11.3 Å². The molecule has 7 heteroatoms. The Morgan fingerprint density at radius 3 is 2.60 bits per heavy atom. The smallest absolute Gasteiger partial charge is 0.306 e. The summed E-state index contributed by atoms with van der Waals surface area (Å²) in [6.45, 7) is 4.36. The van der Waals surface area contributed by atoms with Crippen molar-refractivity contribution in [2.24, 2.45) is 5.92 Å². The second-order valence-electron chi connectivity index (χ2n) is 6.07. The topological polar surface area (TPSA) is 88.5 Å². The van der Waals surface area contributed by atoms with Gasteiger partial charge in [0.25, 0.3) is 5.91 Å². The highest BCUT2D eigenvalue weighted by Gasteiger charge is 2.35. The standard InChI is InChI=1S/C18H20N2O4S/c1-3-24-14-6-4-11(5-7-14)17-19-10(2)15(25-17)16(21)20-13-8-12(9-13)18(22)23/h4-7,12-13H,3,8-9H2,1-2H3,(H,20,21)(H,22,23). The summed E-state index contributed by atoms with van der Waals surface area (Å²) in [6, 6.07) is 7.55. The van der Waals surface area contributed by atoms with E-state index in [4.69, 9.17) is 9.84 Å². The molecule has 1 aliphatic carbocycles. The van der Waals surface area contributed by atoms with Crippen LogP contribution < -0.4 is 10.1 Å². The van der Waals surface area contributed by atoms with E-state index in [0.29, 0.717) is 30.0 Å². The van der Waals surface area contributed by atoms with Gasteiger partial charge in [-0.25, -0.2) is 4.98 Å². The van der Waals surface area contributed by atoms with Gasteiger partial charge in [0.2, 0.25) is 0 Å². The summed E-state index contributed by atoms with van der Waals surface area (Å²) >= 11 is 1.34. The van der Waals surface area contributed by atoms with Crippen LogP contribution in [0.4, 0.5) is 0 Å². The Hall–Kier alpha value is -2.41. The number of carbonyl (C=O) groups excluding carboxylic acids is 1. The van der Waals surface area contributed by atoms with Crippen molar-refractivity contribution in [2.75, 3.05) is 6.61 Å². The zero-order valence-electron chi connectivity index (χ0n) is 14.1. The zero-order valence-corrected chi connectivity index (χ0v) is 14.9. The van der Waals surface area contributed by atoms with Crippen molar-refractivity contribution in [1.82, 2.24) is 10.3 Å². The quantitative estimate of drug-likeness (QED) is 0.826. The number of ether oxygens (including phenoxy) is 1. The van der Waals surface area contributed by atoms with Gasteiger partial charge in [-0.1, -0.05) is 0 Å². The number of aromatic nitrogens is 1. The first kappa shape index (κ1) is 17.4. The van der Waals surface area contributed by atoms with E-state index in [-0.39, 0.29) is 17.9 Å². The first-order chi connectivity index (χ1) is 12.0. The van der Waals surface area contributed by atoms with Gasteiger partial charge >= 0.3 is 5.97 Å². The van der Waals surface area contributed by atoms with Crippen molar-refractivity contribution in [2.45, 2.75) is 32.7 Å². The number of amides is 1. The van der Waals surface area contributed by atoms with Gasteiger partial charge in [0, 0.05) is 11.6 Å². The normalized spacial score (nSPS) is 19.1. The number of carboxylic acid groups (broad SMARTS) is 1. The molecule has 132 valence electrons. The fourth-order valence-corrected chi connectivity index (χ4v) is 3.75. The van der Waals surface area contributed by atoms with Crippen LogP contribution in [-0.2, 0) is 4.79 Å². The molecule has 1 aromatic heterocycles. The van der Waals surface area contributed by atoms with Crippen molar-refractivity contribution in [3.05, 3.63) is 34.8 Å². The highest BCUT2D eigenvalue weighted by atomic mass is 32.1. The molecule has 1 aliphatic rings. The summed E-state index contributed by atoms with van der Waals surface area (Å²) in [6.07, 6.45) is 0.981. The fourth-order valence-electron chi connectivity index (χ4n) is 2.78. The lowest BCUT2D eigenvalue weighted by atomic mass is 9.80. The van der Waals surface area contributed by atoms with Gasteiger partial charge in [0.15, 0.2) is 0 Å². The molecule has 0 aliphatic heterocycles. The molecule has 0 bridgehead atoms. The number of nitrogens with one attached hydrogen (secondary N) is 1. The minimum absolute atomic E-state index is 0.0657. The molecule has 1 heterocycles. The molecule has 6 nitrogen and oxygen atoms in total. The summed E-state index contributed by atoms with van der Waals surface area (Å²) < 4.78 is 5.43. The average molecular weight is 360 g/mol. The van der Waals surface area contributed by atoms with E-state index < -0.39 is 5.97 Å². The molecule has 1 saturated carbocycles. The minimum atomic E-state index is -0.794. The number of hydrogen-bond donors (Lipinski definition) is 2. The van der Waals surface area contributed by atoms with E-state index in [1.807, 2.05) is 38.1 Å². The number of aryl methyl sites for hydroxylation is 1. The Bertz CT molecular complexity index is 779. The maximum atomic E-state index is 12.4. The fraction of sp³-hybridized carbons (Fsp3) is 0.389. The summed E-state index contributed by atoms with van der Waals surface area (Å²) in [7, 11) is 0.